The Kier molecular flexibility index (Phi) is 6.84. The summed E-state index contributed by atoms with van der Waals surface area (Å²) in [6, 6.07) is 12.4. The Morgan fingerprint density at radius 1 is 1.12 bits per heavy atom. The summed E-state index contributed by atoms with van der Waals surface area (Å²) in [6.07, 6.45) is 0.954. The number of ether oxygens (including phenoxy) is 2. The minimum absolute atomic E-state index is 0.0302. The van der Waals surface area contributed by atoms with Gasteiger partial charge in [0.15, 0.2) is 0 Å². The molecule has 126 valence electrons. The summed E-state index contributed by atoms with van der Waals surface area (Å²) >= 11 is 0. The zero-order chi connectivity index (χ0) is 17.4. The van der Waals surface area contributed by atoms with Gasteiger partial charge in [-0.3, -0.25) is 0 Å². The third kappa shape index (κ3) is 5.11. The first kappa shape index (κ1) is 18.0. The summed E-state index contributed by atoms with van der Waals surface area (Å²) in [4.78, 5) is 0. The Hall–Kier alpha value is -2.31. The van der Waals surface area contributed by atoms with E-state index in [2.05, 4.69) is 18.8 Å². The van der Waals surface area contributed by atoms with E-state index in [4.69, 9.17) is 9.47 Å². The van der Waals surface area contributed by atoms with E-state index in [1.807, 2.05) is 31.2 Å². The van der Waals surface area contributed by atoms with Crippen LogP contribution in [0.4, 0.5) is 4.39 Å². The van der Waals surface area contributed by atoms with Crippen molar-refractivity contribution < 1.29 is 13.9 Å². The third-order valence-electron chi connectivity index (χ3n) is 3.55. The van der Waals surface area contributed by atoms with Crippen molar-refractivity contribution in [2.24, 2.45) is 0 Å². The van der Waals surface area contributed by atoms with Crippen LogP contribution in [0.1, 0.15) is 44.2 Å². The first-order valence-corrected chi connectivity index (χ1v) is 8.22. The maximum atomic E-state index is 14.1. The molecule has 0 aliphatic rings. The normalized spacial score (nSPS) is 11.5. The van der Waals surface area contributed by atoms with Gasteiger partial charge >= 0.3 is 0 Å². The van der Waals surface area contributed by atoms with Gasteiger partial charge in [0.2, 0.25) is 0 Å². The SMILES string of the molecule is CC#Cc1cccc(Oc2ccc(F)c(C(C)COCCC)c2)c1. The largest absolute Gasteiger partial charge is 0.457 e. The van der Waals surface area contributed by atoms with E-state index in [1.54, 1.807) is 19.1 Å². The standard InChI is InChI=1S/C21H23FO2/c1-4-7-17-8-6-9-18(13-17)24-19-10-11-21(22)20(14-19)16(3)15-23-12-5-2/h6,8-11,13-14,16H,5,12,15H2,1-3H3. The maximum Gasteiger partial charge on any atom is 0.128 e. The molecule has 2 rings (SSSR count). The highest BCUT2D eigenvalue weighted by Crippen LogP contribution is 2.28. The molecule has 0 fully saturated rings. The van der Waals surface area contributed by atoms with Crippen LogP contribution in [0.25, 0.3) is 0 Å². The topological polar surface area (TPSA) is 18.5 Å². The summed E-state index contributed by atoms with van der Waals surface area (Å²) in [7, 11) is 0. The van der Waals surface area contributed by atoms with Gasteiger partial charge in [-0.15, -0.1) is 5.92 Å². The fourth-order valence-corrected chi connectivity index (χ4v) is 2.37. The van der Waals surface area contributed by atoms with Crippen LogP contribution in [0, 0.1) is 17.7 Å². The number of halogens is 1. The molecule has 0 saturated heterocycles. The van der Waals surface area contributed by atoms with Gasteiger partial charge in [0.1, 0.15) is 17.3 Å². The van der Waals surface area contributed by atoms with Crippen molar-refractivity contribution in [2.75, 3.05) is 13.2 Å². The van der Waals surface area contributed by atoms with E-state index < -0.39 is 0 Å². The Balaban J connectivity index is 2.15. The van der Waals surface area contributed by atoms with Crippen LogP contribution in [-0.2, 0) is 4.74 Å². The first-order chi connectivity index (χ1) is 11.6. The van der Waals surface area contributed by atoms with E-state index in [1.165, 1.54) is 6.07 Å². The van der Waals surface area contributed by atoms with Gasteiger partial charge in [0.05, 0.1) is 6.61 Å². The van der Waals surface area contributed by atoms with Gasteiger partial charge in [0.25, 0.3) is 0 Å². The molecule has 0 saturated carbocycles. The first-order valence-electron chi connectivity index (χ1n) is 8.22. The predicted molar refractivity (Wildman–Crippen MR) is 95.0 cm³/mol. The summed E-state index contributed by atoms with van der Waals surface area (Å²) < 4.78 is 25.5. The van der Waals surface area contributed by atoms with E-state index in [9.17, 15) is 4.39 Å². The average Bonchev–Trinajstić information content (AvgIpc) is 2.57. The smallest absolute Gasteiger partial charge is 0.128 e. The maximum absolute atomic E-state index is 14.1. The Morgan fingerprint density at radius 2 is 1.92 bits per heavy atom. The van der Waals surface area contributed by atoms with Crippen LogP contribution in [0.3, 0.4) is 0 Å². The quantitative estimate of drug-likeness (QED) is 0.493. The molecule has 0 spiro atoms. The molecule has 1 unspecified atom stereocenters. The monoisotopic (exact) mass is 326 g/mol. The van der Waals surface area contributed by atoms with Gasteiger partial charge in [-0.25, -0.2) is 4.39 Å². The fourth-order valence-electron chi connectivity index (χ4n) is 2.37. The van der Waals surface area contributed by atoms with Gasteiger partial charge in [0, 0.05) is 18.1 Å². The molecule has 0 N–H and O–H groups in total. The lowest BCUT2D eigenvalue weighted by atomic mass is 10.0. The molecule has 2 nitrogen and oxygen atoms in total. The molecular weight excluding hydrogens is 303 g/mol. The molecule has 0 bridgehead atoms. The van der Waals surface area contributed by atoms with E-state index >= 15 is 0 Å². The van der Waals surface area contributed by atoms with Crippen LogP contribution >= 0.6 is 0 Å². The van der Waals surface area contributed by atoms with Crippen molar-refractivity contribution in [2.45, 2.75) is 33.1 Å². The lowest BCUT2D eigenvalue weighted by Gasteiger charge is -2.15. The number of hydrogen-bond donors (Lipinski definition) is 0. The van der Waals surface area contributed by atoms with Gasteiger partial charge < -0.3 is 9.47 Å². The van der Waals surface area contributed by atoms with Crippen LogP contribution in [0.15, 0.2) is 42.5 Å². The van der Waals surface area contributed by atoms with E-state index in [-0.39, 0.29) is 11.7 Å². The highest BCUT2D eigenvalue weighted by molar-refractivity contribution is 5.42. The zero-order valence-electron chi connectivity index (χ0n) is 14.4. The Morgan fingerprint density at radius 3 is 2.67 bits per heavy atom. The van der Waals surface area contributed by atoms with Crippen LogP contribution < -0.4 is 4.74 Å². The van der Waals surface area contributed by atoms with Crippen LogP contribution in [0.2, 0.25) is 0 Å². The Bertz CT molecular complexity index is 728. The molecule has 0 radical (unpaired) electrons. The lowest BCUT2D eigenvalue weighted by Crippen LogP contribution is -2.07. The molecule has 3 heteroatoms. The summed E-state index contributed by atoms with van der Waals surface area (Å²) in [6.45, 7) is 6.98. The molecule has 0 aliphatic carbocycles. The minimum atomic E-state index is -0.236. The van der Waals surface area contributed by atoms with Gasteiger partial charge in [-0.05, 0) is 55.3 Å². The lowest BCUT2D eigenvalue weighted by molar-refractivity contribution is 0.123. The Labute approximate surface area is 143 Å². The van der Waals surface area contributed by atoms with Crippen molar-refractivity contribution in [3.05, 3.63) is 59.4 Å². The summed E-state index contributed by atoms with van der Waals surface area (Å²) in [5, 5.41) is 0. The van der Waals surface area contributed by atoms with Crippen molar-refractivity contribution in [1.82, 2.24) is 0 Å². The van der Waals surface area contributed by atoms with Crippen molar-refractivity contribution in [3.63, 3.8) is 0 Å². The predicted octanol–water partition coefficient (Wildman–Crippen LogP) is 5.52. The molecule has 0 aliphatic heterocycles. The highest BCUT2D eigenvalue weighted by atomic mass is 19.1. The fraction of sp³-hybridized carbons (Fsp3) is 0.333. The van der Waals surface area contributed by atoms with Crippen LogP contribution in [-0.4, -0.2) is 13.2 Å². The molecular formula is C21H23FO2. The molecule has 24 heavy (non-hydrogen) atoms. The van der Waals surface area contributed by atoms with Gasteiger partial charge in [-0.2, -0.15) is 0 Å². The second-order valence-corrected chi connectivity index (χ2v) is 5.66. The molecule has 2 aromatic rings. The molecule has 1 atom stereocenters. The molecule has 0 heterocycles. The summed E-state index contributed by atoms with van der Waals surface area (Å²) in [5.41, 5.74) is 1.49. The second-order valence-electron chi connectivity index (χ2n) is 5.66. The molecule has 0 aromatic heterocycles. The number of benzene rings is 2. The van der Waals surface area contributed by atoms with E-state index in [0.717, 1.165) is 12.0 Å². The summed E-state index contributed by atoms with van der Waals surface area (Å²) in [5.74, 6) is 6.88. The molecule has 0 amide bonds. The van der Waals surface area contributed by atoms with E-state index in [0.29, 0.717) is 30.3 Å². The van der Waals surface area contributed by atoms with Crippen molar-refractivity contribution in [1.29, 1.82) is 0 Å². The second kappa shape index (κ2) is 9.10. The van der Waals surface area contributed by atoms with Crippen molar-refractivity contribution in [3.8, 4) is 23.3 Å². The van der Waals surface area contributed by atoms with Crippen molar-refractivity contribution >= 4 is 0 Å². The van der Waals surface area contributed by atoms with Gasteiger partial charge in [-0.1, -0.05) is 25.8 Å². The number of hydrogen-bond acceptors (Lipinski definition) is 2. The third-order valence-corrected chi connectivity index (χ3v) is 3.55. The molecule has 2 aromatic carbocycles. The number of rotatable bonds is 7. The highest BCUT2D eigenvalue weighted by Gasteiger charge is 2.13. The van der Waals surface area contributed by atoms with Crippen LogP contribution in [0.5, 0.6) is 11.5 Å². The average molecular weight is 326 g/mol. The zero-order valence-corrected chi connectivity index (χ0v) is 14.4. The minimum Gasteiger partial charge on any atom is -0.457 e.